The van der Waals surface area contributed by atoms with Crippen LogP contribution >= 0.6 is 94.1 Å². The summed E-state index contributed by atoms with van der Waals surface area (Å²) in [6.45, 7) is 0. The molecule has 0 saturated heterocycles. The van der Waals surface area contributed by atoms with Crippen LogP contribution in [-0.2, 0) is 0 Å². The van der Waals surface area contributed by atoms with Gasteiger partial charge < -0.3 is 0 Å². The first-order chi connectivity index (χ1) is 20.8. The third kappa shape index (κ3) is 10.0. The van der Waals surface area contributed by atoms with E-state index in [1.165, 1.54) is 154 Å². The van der Waals surface area contributed by atoms with Gasteiger partial charge in [0.2, 0.25) is 0 Å². The highest BCUT2D eigenvalue weighted by Crippen LogP contribution is 2.70. The molecule has 0 nitrogen and oxygen atoms in total. The van der Waals surface area contributed by atoms with Gasteiger partial charge in [0.25, 0.3) is 0 Å². The van der Waals surface area contributed by atoms with Crippen molar-refractivity contribution in [3.05, 3.63) is 25.4 Å². The van der Waals surface area contributed by atoms with E-state index in [1.54, 1.807) is 25.4 Å². The molecule has 0 aromatic carbocycles. The Morgan fingerprint density at radius 1 is 0.238 bits per heavy atom. The molecule has 4 unspecified atom stereocenters. The molecule has 8 heteroatoms. The Morgan fingerprint density at radius 2 is 0.429 bits per heavy atom. The second-order valence-electron chi connectivity index (χ2n) is 13.0. The normalized spacial score (nSPS) is 33.7. The average Bonchev–Trinajstić information content (AvgIpc) is 3.61. The summed E-state index contributed by atoms with van der Waals surface area (Å²) < 4.78 is 9.87. The van der Waals surface area contributed by atoms with Gasteiger partial charge in [-0.1, -0.05) is 175 Å². The lowest BCUT2D eigenvalue weighted by Gasteiger charge is -2.31. The zero-order valence-corrected chi connectivity index (χ0v) is 32.1. The van der Waals surface area contributed by atoms with E-state index in [1.807, 2.05) is 0 Å². The Morgan fingerprint density at radius 3 is 0.643 bits per heavy atom. The van der Waals surface area contributed by atoms with Crippen LogP contribution in [0.3, 0.4) is 0 Å². The van der Waals surface area contributed by atoms with E-state index in [9.17, 15) is 0 Å². The highest BCUT2D eigenvalue weighted by Gasteiger charge is 2.40. The van der Waals surface area contributed by atoms with Crippen molar-refractivity contribution in [2.75, 3.05) is 0 Å². The maximum atomic E-state index is 2.29. The van der Waals surface area contributed by atoms with Gasteiger partial charge in [-0.05, 0) is 25.7 Å². The summed E-state index contributed by atoms with van der Waals surface area (Å²) in [5, 5.41) is 3.34. The molecule has 0 N–H and O–H groups in total. The zero-order valence-electron chi connectivity index (χ0n) is 25.5. The molecule has 42 heavy (non-hydrogen) atoms. The quantitative estimate of drug-likeness (QED) is 0.240. The van der Waals surface area contributed by atoms with Crippen LogP contribution in [0.1, 0.15) is 154 Å². The summed E-state index contributed by atoms with van der Waals surface area (Å²) in [7, 11) is 0. The van der Waals surface area contributed by atoms with Crippen LogP contribution in [0.15, 0.2) is 25.4 Å². The molecule has 0 aromatic rings. The van der Waals surface area contributed by atoms with E-state index in [2.05, 4.69) is 94.1 Å². The first-order valence-corrected chi connectivity index (χ1v) is 24.2. The zero-order chi connectivity index (χ0) is 28.4. The third-order valence-corrected chi connectivity index (χ3v) is 22.9. The molecule has 236 valence electrons. The monoisotopic (exact) mass is 716 g/mol. The number of hydrogen-bond donors (Lipinski definition) is 0. The van der Waals surface area contributed by atoms with Crippen molar-refractivity contribution in [2.45, 2.75) is 175 Å². The van der Waals surface area contributed by atoms with Crippen molar-refractivity contribution in [3.8, 4) is 0 Å². The van der Waals surface area contributed by atoms with Crippen LogP contribution in [0.5, 0.6) is 0 Å². The minimum absolute atomic E-state index is 0.835. The maximum Gasteiger partial charge on any atom is 0.0717 e. The Labute approximate surface area is 292 Å². The lowest BCUT2D eigenvalue weighted by Crippen LogP contribution is -2.22. The fourth-order valence-corrected chi connectivity index (χ4v) is 21.2. The van der Waals surface area contributed by atoms with Gasteiger partial charge >= 0.3 is 0 Å². The van der Waals surface area contributed by atoms with Gasteiger partial charge in [0, 0.05) is 21.0 Å². The number of thioether (sulfide) groups is 8. The molecular formula is C34H52S8. The van der Waals surface area contributed by atoms with Gasteiger partial charge in [-0.2, -0.15) is 0 Å². The number of rotatable bonds is 0. The molecule has 0 aromatic heterocycles. The van der Waals surface area contributed by atoms with Crippen molar-refractivity contribution in [3.63, 3.8) is 0 Å². The SMILES string of the molecule is C1CCCCCCC2SC3=C(SC(=C4SC5=C(S4)SC4CCCCCCCCCCCCC4S5)S3)SC2CCCCC1. The molecule has 0 spiro atoms. The van der Waals surface area contributed by atoms with Crippen LogP contribution < -0.4 is 0 Å². The molecule has 4 atom stereocenters. The van der Waals surface area contributed by atoms with Crippen molar-refractivity contribution in [2.24, 2.45) is 0 Å². The molecule has 2 saturated carbocycles. The van der Waals surface area contributed by atoms with E-state index < -0.39 is 0 Å². The van der Waals surface area contributed by atoms with E-state index in [0.717, 1.165) is 21.0 Å². The van der Waals surface area contributed by atoms with E-state index in [4.69, 9.17) is 0 Å². The Balaban J connectivity index is 1.06. The van der Waals surface area contributed by atoms with Crippen molar-refractivity contribution in [1.82, 2.24) is 0 Å². The summed E-state index contributed by atoms with van der Waals surface area (Å²) >= 11 is 17.8. The molecule has 6 aliphatic rings. The molecular weight excluding hydrogens is 665 g/mol. The minimum atomic E-state index is 0.835. The Hall–Kier alpha value is 2.02. The highest BCUT2D eigenvalue weighted by molar-refractivity contribution is 8.45. The molecule has 2 aliphatic carbocycles. The lowest BCUT2D eigenvalue weighted by atomic mass is 10.0. The Bertz CT molecular complexity index is 823. The summed E-state index contributed by atoms with van der Waals surface area (Å²) in [6.07, 6.45) is 35.0. The summed E-state index contributed by atoms with van der Waals surface area (Å²) in [5.41, 5.74) is 0. The van der Waals surface area contributed by atoms with Crippen molar-refractivity contribution >= 4 is 94.1 Å². The van der Waals surface area contributed by atoms with Crippen LogP contribution in [0.25, 0.3) is 0 Å². The lowest BCUT2D eigenvalue weighted by molar-refractivity contribution is 0.514. The van der Waals surface area contributed by atoms with Crippen LogP contribution in [-0.4, -0.2) is 21.0 Å². The number of fused-ring (bicyclic) bond motifs is 2. The fraction of sp³-hybridized carbons (Fsp3) is 0.824. The van der Waals surface area contributed by atoms with Gasteiger partial charge in [0.15, 0.2) is 0 Å². The second kappa shape index (κ2) is 18.5. The third-order valence-electron chi connectivity index (χ3n) is 9.56. The second-order valence-corrected chi connectivity index (χ2v) is 23.6. The molecule has 0 bridgehead atoms. The van der Waals surface area contributed by atoms with Crippen molar-refractivity contribution in [1.29, 1.82) is 0 Å². The van der Waals surface area contributed by atoms with Gasteiger partial charge in [-0.25, -0.2) is 0 Å². The molecule has 4 heterocycles. The topological polar surface area (TPSA) is 0 Å². The summed E-state index contributed by atoms with van der Waals surface area (Å²) in [4.78, 5) is 0. The van der Waals surface area contributed by atoms with Crippen LogP contribution in [0, 0.1) is 0 Å². The summed E-state index contributed by atoms with van der Waals surface area (Å²) in [5.74, 6) is 0. The van der Waals surface area contributed by atoms with E-state index >= 15 is 0 Å². The van der Waals surface area contributed by atoms with E-state index in [0.29, 0.717) is 0 Å². The van der Waals surface area contributed by atoms with Crippen molar-refractivity contribution < 1.29 is 0 Å². The molecule has 0 amide bonds. The van der Waals surface area contributed by atoms with Gasteiger partial charge in [0.05, 0.1) is 25.4 Å². The average molecular weight is 717 g/mol. The summed E-state index contributed by atoms with van der Waals surface area (Å²) in [6, 6.07) is 0. The van der Waals surface area contributed by atoms with E-state index in [-0.39, 0.29) is 0 Å². The van der Waals surface area contributed by atoms with Crippen LogP contribution in [0.2, 0.25) is 0 Å². The van der Waals surface area contributed by atoms with Crippen LogP contribution in [0.4, 0.5) is 0 Å². The smallest absolute Gasteiger partial charge is 0.0717 e. The fourth-order valence-electron chi connectivity index (χ4n) is 7.04. The maximum absolute atomic E-state index is 2.29. The van der Waals surface area contributed by atoms with Gasteiger partial charge in [-0.3, -0.25) is 0 Å². The first kappa shape index (κ1) is 33.9. The Kier molecular flexibility index (Phi) is 15.0. The number of hydrogen-bond acceptors (Lipinski definition) is 8. The predicted molar refractivity (Wildman–Crippen MR) is 208 cm³/mol. The molecule has 4 aliphatic heterocycles. The van der Waals surface area contributed by atoms with Gasteiger partial charge in [0.1, 0.15) is 0 Å². The molecule has 2 fully saturated rings. The highest BCUT2D eigenvalue weighted by atomic mass is 32.3. The first-order valence-electron chi connectivity index (χ1n) is 17.4. The minimum Gasteiger partial charge on any atom is -0.113 e. The standard InChI is InChI=1S/C34H52S8/c1-2-6-10-14-18-22-26-25(21-17-13-9-5-1)35-29-30(36-26)40-33(39-29)34-41-31-32(42-34)38-28-24-20-16-12-8-4-3-7-11-15-19-23-27(28)37-31/h25-28H,1-24H2. The molecule has 0 radical (unpaired) electrons. The largest absolute Gasteiger partial charge is 0.113 e. The molecule has 6 rings (SSSR count). The van der Waals surface area contributed by atoms with Gasteiger partial charge in [-0.15, -0.1) is 47.0 Å². The predicted octanol–water partition coefficient (Wildman–Crippen LogP) is 15.2.